The summed E-state index contributed by atoms with van der Waals surface area (Å²) in [6.07, 6.45) is 3.44. The number of nitrogens with one attached hydrogen (secondary N) is 1. The molecule has 33 heavy (non-hydrogen) atoms. The normalized spacial score (nSPS) is 15.5. The number of urea groups is 1. The average molecular weight is 468 g/mol. The number of aromatic nitrogens is 2. The van der Waals surface area contributed by atoms with Crippen LogP contribution in [0.3, 0.4) is 0 Å². The van der Waals surface area contributed by atoms with Gasteiger partial charge in [0, 0.05) is 37.2 Å². The number of carbonyl (C=O) groups is 3. The van der Waals surface area contributed by atoms with Crippen molar-refractivity contribution >= 4 is 35.2 Å². The number of carboxylic acids is 1. The lowest BCUT2D eigenvalue weighted by atomic mass is 10.1. The molecule has 1 aromatic heterocycles. The Hall–Kier alpha value is -3.85. The fourth-order valence-corrected chi connectivity index (χ4v) is 4.07. The highest BCUT2D eigenvalue weighted by molar-refractivity contribution is 6.34. The van der Waals surface area contributed by atoms with E-state index in [-0.39, 0.29) is 25.0 Å². The molecule has 170 valence electrons. The van der Waals surface area contributed by atoms with E-state index in [1.54, 1.807) is 46.2 Å². The first-order chi connectivity index (χ1) is 15.8. The zero-order chi connectivity index (χ0) is 23.5. The molecule has 1 unspecified atom stereocenters. The van der Waals surface area contributed by atoms with E-state index in [4.69, 9.17) is 16.7 Å². The number of halogens is 1. The highest BCUT2D eigenvalue weighted by Crippen LogP contribution is 2.30. The van der Waals surface area contributed by atoms with E-state index in [1.165, 1.54) is 4.90 Å². The summed E-state index contributed by atoms with van der Waals surface area (Å²) in [5, 5.41) is 15.8. The number of rotatable bonds is 4. The van der Waals surface area contributed by atoms with E-state index in [1.807, 2.05) is 31.2 Å². The van der Waals surface area contributed by atoms with E-state index in [2.05, 4.69) is 10.4 Å². The van der Waals surface area contributed by atoms with Gasteiger partial charge in [-0.3, -0.25) is 9.59 Å². The molecule has 0 radical (unpaired) electrons. The number of para-hydroxylation sites is 1. The van der Waals surface area contributed by atoms with Crippen molar-refractivity contribution in [1.82, 2.24) is 20.0 Å². The molecule has 3 aromatic rings. The molecule has 2 heterocycles. The number of carboxylic acid groups (broad SMARTS) is 1. The van der Waals surface area contributed by atoms with Crippen molar-refractivity contribution in [3.63, 3.8) is 0 Å². The number of anilines is 1. The predicted octanol–water partition coefficient (Wildman–Crippen LogP) is 3.17. The molecule has 0 saturated heterocycles. The van der Waals surface area contributed by atoms with Crippen LogP contribution in [0, 0.1) is 0 Å². The number of hydrogen-bond donors (Lipinski definition) is 2. The van der Waals surface area contributed by atoms with Crippen LogP contribution in [0.15, 0.2) is 60.9 Å². The zero-order valence-electron chi connectivity index (χ0n) is 17.8. The van der Waals surface area contributed by atoms with E-state index in [9.17, 15) is 14.4 Å². The number of fused-ring (bicyclic) bond motifs is 1. The topological polar surface area (TPSA) is 108 Å². The van der Waals surface area contributed by atoms with Crippen molar-refractivity contribution in [3.05, 3.63) is 77.1 Å². The van der Waals surface area contributed by atoms with E-state index in [0.29, 0.717) is 16.3 Å². The molecule has 4 rings (SSSR count). The Morgan fingerprint density at radius 2 is 1.97 bits per heavy atom. The lowest BCUT2D eigenvalue weighted by Gasteiger charge is -2.29. The molecule has 2 N–H and O–H groups in total. The fourth-order valence-electron chi connectivity index (χ4n) is 3.81. The van der Waals surface area contributed by atoms with Crippen LogP contribution in [0.25, 0.3) is 5.69 Å². The van der Waals surface area contributed by atoms with Crippen LogP contribution in [0.2, 0.25) is 5.02 Å². The number of amides is 3. The minimum absolute atomic E-state index is 0.216. The molecule has 3 amide bonds. The van der Waals surface area contributed by atoms with Gasteiger partial charge in [-0.1, -0.05) is 29.8 Å². The van der Waals surface area contributed by atoms with Gasteiger partial charge in [-0.2, -0.15) is 5.10 Å². The summed E-state index contributed by atoms with van der Waals surface area (Å²) in [5.74, 6) is -1.42. The first-order valence-corrected chi connectivity index (χ1v) is 10.7. The first kappa shape index (κ1) is 22.3. The monoisotopic (exact) mass is 467 g/mol. The average Bonchev–Trinajstić information content (AvgIpc) is 3.29. The highest BCUT2D eigenvalue weighted by atomic mass is 35.5. The number of nitrogens with zero attached hydrogens (tertiary/aromatic N) is 4. The van der Waals surface area contributed by atoms with E-state index in [0.717, 1.165) is 11.3 Å². The minimum Gasteiger partial charge on any atom is -0.480 e. The number of carbonyl (C=O) groups excluding carboxylic acids is 2. The molecule has 9 nitrogen and oxygen atoms in total. The van der Waals surface area contributed by atoms with Crippen molar-refractivity contribution in [2.75, 3.05) is 18.0 Å². The highest BCUT2D eigenvalue weighted by Gasteiger charge is 2.32. The number of hydrogen-bond acceptors (Lipinski definition) is 4. The van der Waals surface area contributed by atoms with Crippen LogP contribution in [-0.4, -0.2) is 56.8 Å². The molecule has 0 fully saturated rings. The van der Waals surface area contributed by atoms with Crippen LogP contribution < -0.4 is 10.2 Å². The summed E-state index contributed by atoms with van der Waals surface area (Å²) in [6.45, 7) is 1.78. The predicted molar refractivity (Wildman–Crippen MR) is 123 cm³/mol. The van der Waals surface area contributed by atoms with Gasteiger partial charge in [0.2, 0.25) is 0 Å². The Balaban J connectivity index is 1.64. The molecule has 0 saturated carbocycles. The Bertz CT molecular complexity index is 1200. The van der Waals surface area contributed by atoms with Gasteiger partial charge < -0.3 is 20.2 Å². The van der Waals surface area contributed by atoms with Crippen LogP contribution >= 0.6 is 11.6 Å². The van der Waals surface area contributed by atoms with Gasteiger partial charge >= 0.3 is 12.0 Å². The summed E-state index contributed by atoms with van der Waals surface area (Å²) in [7, 11) is 0. The van der Waals surface area contributed by atoms with Gasteiger partial charge in [-0.05, 0) is 42.8 Å². The first-order valence-electron chi connectivity index (χ1n) is 10.3. The van der Waals surface area contributed by atoms with Crippen molar-refractivity contribution in [2.24, 2.45) is 0 Å². The zero-order valence-corrected chi connectivity index (χ0v) is 18.6. The molecule has 0 spiro atoms. The lowest BCUT2D eigenvalue weighted by Crippen LogP contribution is -2.49. The van der Waals surface area contributed by atoms with Crippen LogP contribution in [-0.2, 0) is 11.3 Å². The Kier molecular flexibility index (Phi) is 6.32. The second-order valence-electron chi connectivity index (χ2n) is 7.69. The van der Waals surface area contributed by atoms with Crippen LogP contribution in [0.4, 0.5) is 10.5 Å². The van der Waals surface area contributed by atoms with Crippen molar-refractivity contribution in [1.29, 1.82) is 0 Å². The maximum atomic E-state index is 13.6. The smallest absolute Gasteiger partial charge is 0.323 e. The van der Waals surface area contributed by atoms with E-state index < -0.39 is 18.5 Å². The molecule has 1 atom stereocenters. The maximum Gasteiger partial charge on any atom is 0.323 e. The van der Waals surface area contributed by atoms with Gasteiger partial charge in [0.1, 0.15) is 6.54 Å². The molecule has 0 bridgehead atoms. The van der Waals surface area contributed by atoms with Gasteiger partial charge in [0.15, 0.2) is 0 Å². The minimum atomic E-state index is -1.13. The van der Waals surface area contributed by atoms with Gasteiger partial charge in [-0.15, -0.1) is 0 Å². The largest absolute Gasteiger partial charge is 0.480 e. The van der Waals surface area contributed by atoms with Gasteiger partial charge in [0.05, 0.1) is 16.3 Å². The van der Waals surface area contributed by atoms with Crippen LogP contribution in [0.1, 0.15) is 22.8 Å². The van der Waals surface area contributed by atoms with Crippen molar-refractivity contribution < 1.29 is 19.5 Å². The van der Waals surface area contributed by atoms with Gasteiger partial charge in [0.25, 0.3) is 5.91 Å². The van der Waals surface area contributed by atoms with E-state index >= 15 is 0 Å². The summed E-state index contributed by atoms with van der Waals surface area (Å²) in [4.78, 5) is 40.2. The van der Waals surface area contributed by atoms with Crippen LogP contribution in [0.5, 0.6) is 0 Å². The third kappa shape index (κ3) is 4.68. The second-order valence-corrected chi connectivity index (χ2v) is 8.10. The molecule has 1 aliphatic rings. The summed E-state index contributed by atoms with van der Waals surface area (Å²) >= 11 is 6.50. The maximum absolute atomic E-state index is 13.6. The molecule has 10 heteroatoms. The molecular weight excluding hydrogens is 446 g/mol. The Morgan fingerprint density at radius 1 is 1.18 bits per heavy atom. The Morgan fingerprint density at radius 3 is 2.67 bits per heavy atom. The molecule has 1 aliphatic heterocycles. The third-order valence-corrected chi connectivity index (χ3v) is 5.76. The van der Waals surface area contributed by atoms with Gasteiger partial charge in [-0.25, -0.2) is 9.48 Å². The standard InChI is InChI=1S/C23H22ClN5O4/c1-15-13-28(22(32)18-8-7-17(11-19(18)24)29-10-4-9-26-29)20-6-3-2-5-16(20)14-27(15)23(33)25-12-21(30)31/h2-11,15H,12-14H2,1H3,(H,25,33)(H,30,31). The summed E-state index contributed by atoms with van der Waals surface area (Å²) in [6, 6.07) is 13.3. The summed E-state index contributed by atoms with van der Waals surface area (Å²) in [5.41, 5.74) is 2.51. The van der Waals surface area contributed by atoms with Crippen molar-refractivity contribution in [2.45, 2.75) is 19.5 Å². The third-order valence-electron chi connectivity index (χ3n) is 5.45. The SMILES string of the molecule is CC1CN(C(=O)c2ccc(-n3cccn3)cc2Cl)c2ccccc2CN1C(=O)NCC(=O)O. The fraction of sp³-hybridized carbons (Fsp3) is 0.217. The lowest BCUT2D eigenvalue weighted by molar-refractivity contribution is -0.135. The molecule has 2 aromatic carbocycles. The number of benzene rings is 2. The summed E-state index contributed by atoms with van der Waals surface area (Å²) < 4.78 is 1.65. The molecule has 0 aliphatic carbocycles. The second kappa shape index (κ2) is 9.33. The molecular formula is C23H22ClN5O4. The van der Waals surface area contributed by atoms with Crippen molar-refractivity contribution in [3.8, 4) is 5.69 Å². The Labute approximate surface area is 195 Å². The number of aliphatic carboxylic acids is 1. The quantitative estimate of drug-likeness (QED) is 0.612.